The van der Waals surface area contributed by atoms with E-state index in [0.717, 1.165) is 0 Å². The third kappa shape index (κ3) is 1.51. The molecule has 5 heteroatoms. The highest BCUT2D eigenvalue weighted by Crippen LogP contribution is 2.27. The second-order valence-corrected chi connectivity index (χ2v) is 4.20. The van der Waals surface area contributed by atoms with Gasteiger partial charge >= 0.3 is 0 Å². The van der Waals surface area contributed by atoms with Gasteiger partial charge in [0.2, 0.25) is 5.91 Å². The van der Waals surface area contributed by atoms with Crippen LogP contribution < -0.4 is 0 Å². The number of nitrogens with zero attached hydrogens (tertiary/aromatic N) is 1. The zero-order chi connectivity index (χ0) is 9.30. The zero-order valence-electron chi connectivity index (χ0n) is 6.86. The number of thioether (sulfide) groups is 1. The number of rotatable bonds is 2. The molecule has 0 aromatic rings. The van der Waals surface area contributed by atoms with Crippen LogP contribution in [0.1, 0.15) is 13.8 Å². The third-order valence-corrected chi connectivity index (χ3v) is 3.32. The Morgan fingerprint density at radius 3 is 2.58 bits per heavy atom. The minimum absolute atomic E-state index is 0.122. The van der Waals surface area contributed by atoms with Crippen molar-refractivity contribution in [3.05, 3.63) is 0 Å². The van der Waals surface area contributed by atoms with Gasteiger partial charge in [-0.05, 0) is 13.8 Å². The van der Waals surface area contributed by atoms with Crippen molar-refractivity contribution >= 4 is 40.0 Å². The molecule has 1 fully saturated rings. The molecule has 1 heterocycles. The van der Waals surface area contributed by atoms with Crippen molar-refractivity contribution in [2.45, 2.75) is 19.1 Å². The van der Waals surface area contributed by atoms with Crippen LogP contribution in [0.15, 0.2) is 0 Å². The fourth-order valence-corrected chi connectivity index (χ4v) is 2.44. The lowest BCUT2D eigenvalue weighted by molar-refractivity contribution is -0.130. The molecule has 1 rings (SSSR count). The minimum Gasteiger partial charge on any atom is -0.298 e. The van der Waals surface area contributed by atoms with Crippen LogP contribution >= 0.6 is 24.0 Å². The normalized spacial score (nSPS) is 23.5. The molecule has 1 saturated heterocycles. The molecule has 1 atom stereocenters. The van der Waals surface area contributed by atoms with Gasteiger partial charge in [0.15, 0.2) is 5.78 Å². The lowest BCUT2D eigenvalue weighted by atomic mass is 10.3. The predicted molar refractivity (Wildman–Crippen MR) is 52.0 cm³/mol. The van der Waals surface area contributed by atoms with E-state index in [9.17, 15) is 9.59 Å². The van der Waals surface area contributed by atoms with Crippen LogP contribution in [0.25, 0.3) is 0 Å². The first-order valence-corrected chi connectivity index (χ1v) is 4.89. The van der Waals surface area contributed by atoms with Gasteiger partial charge in [-0.1, -0.05) is 24.0 Å². The largest absolute Gasteiger partial charge is 0.298 e. The van der Waals surface area contributed by atoms with E-state index >= 15 is 0 Å². The predicted octanol–water partition coefficient (Wildman–Crippen LogP) is 0.824. The van der Waals surface area contributed by atoms with Crippen LogP contribution in [-0.4, -0.2) is 32.7 Å². The Labute approximate surface area is 80.5 Å². The van der Waals surface area contributed by atoms with Crippen LogP contribution in [0.4, 0.5) is 0 Å². The summed E-state index contributed by atoms with van der Waals surface area (Å²) in [6, 6.07) is 0. The zero-order valence-corrected chi connectivity index (χ0v) is 8.50. The Bertz CT molecular complexity index is 252. The van der Waals surface area contributed by atoms with Gasteiger partial charge < -0.3 is 0 Å². The maximum Gasteiger partial charge on any atom is 0.249 e. The highest BCUT2D eigenvalue weighted by Gasteiger charge is 2.38. The van der Waals surface area contributed by atoms with Crippen LogP contribution in [-0.2, 0) is 9.59 Å². The van der Waals surface area contributed by atoms with E-state index in [2.05, 4.69) is 0 Å². The Morgan fingerprint density at radius 2 is 2.33 bits per heavy atom. The van der Waals surface area contributed by atoms with Gasteiger partial charge in [-0.25, -0.2) is 0 Å². The number of hydrogen-bond acceptors (Lipinski definition) is 4. The van der Waals surface area contributed by atoms with Gasteiger partial charge in [-0.3, -0.25) is 14.5 Å². The summed E-state index contributed by atoms with van der Waals surface area (Å²) in [5.74, 6) is -0.289. The summed E-state index contributed by atoms with van der Waals surface area (Å²) in [6.45, 7) is 3.80. The van der Waals surface area contributed by atoms with Gasteiger partial charge in [0, 0.05) is 6.54 Å². The van der Waals surface area contributed by atoms with Gasteiger partial charge in [0.1, 0.15) is 9.57 Å². The second kappa shape index (κ2) is 3.53. The summed E-state index contributed by atoms with van der Waals surface area (Å²) in [4.78, 5) is 23.8. The average Bonchev–Trinajstić information content (AvgIpc) is 2.27. The highest BCUT2D eigenvalue weighted by atomic mass is 32.2. The van der Waals surface area contributed by atoms with E-state index in [-0.39, 0.29) is 11.7 Å². The van der Waals surface area contributed by atoms with E-state index in [1.54, 1.807) is 0 Å². The standard InChI is InChI=1S/C7H9NO2S2/c1-3-8-6(10)5(4(2)9)12-7(8)11/h5H,3H2,1-2H3. The summed E-state index contributed by atoms with van der Waals surface area (Å²) in [7, 11) is 0. The highest BCUT2D eigenvalue weighted by molar-refractivity contribution is 8.24. The Balaban J connectivity index is 2.82. The fourth-order valence-electron chi connectivity index (χ4n) is 0.988. The van der Waals surface area contributed by atoms with Crippen molar-refractivity contribution in [2.24, 2.45) is 0 Å². The Morgan fingerprint density at radius 1 is 1.75 bits per heavy atom. The summed E-state index contributed by atoms with van der Waals surface area (Å²) >= 11 is 6.10. The molecule has 1 aliphatic heterocycles. The number of carbonyl (C=O) groups is 2. The first-order chi connectivity index (χ1) is 5.57. The molecule has 1 amide bonds. The molecule has 1 aliphatic rings. The molecule has 12 heavy (non-hydrogen) atoms. The van der Waals surface area contributed by atoms with E-state index in [1.807, 2.05) is 6.92 Å². The molecule has 0 spiro atoms. The van der Waals surface area contributed by atoms with Crippen molar-refractivity contribution in [1.82, 2.24) is 4.90 Å². The van der Waals surface area contributed by atoms with Gasteiger partial charge in [-0.15, -0.1) is 0 Å². The van der Waals surface area contributed by atoms with Gasteiger partial charge in [-0.2, -0.15) is 0 Å². The van der Waals surface area contributed by atoms with Crippen molar-refractivity contribution < 1.29 is 9.59 Å². The number of ketones is 1. The quantitative estimate of drug-likeness (QED) is 0.492. The minimum atomic E-state index is -0.586. The van der Waals surface area contributed by atoms with Crippen molar-refractivity contribution in [3.63, 3.8) is 0 Å². The number of carbonyl (C=O) groups excluding carboxylic acids is 2. The van der Waals surface area contributed by atoms with E-state index in [4.69, 9.17) is 12.2 Å². The fraction of sp³-hybridized carbons (Fsp3) is 0.571. The molecule has 0 aliphatic carbocycles. The monoisotopic (exact) mass is 203 g/mol. The van der Waals surface area contributed by atoms with E-state index in [0.29, 0.717) is 10.9 Å². The number of Topliss-reactive ketones (excluding diaryl/α,β-unsaturated/α-hetero) is 1. The molecule has 0 aromatic carbocycles. The maximum atomic E-state index is 11.4. The maximum absolute atomic E-state index is 11.4. The van der Waals surface area contributed by atoms with E-state index < -0.39 is 5.25 Å². The average molecular weight is 203 g/mol. The summed E-state index contributed by atoms with van der Waals surface area (Å²) in [5.41, 5.74) is 0. The SMILES string of the molecule is CCN1C(=O)C(C(C)=O)SC1=S. The lowest BCUT2D eigenvalue weighted by Gasteiger charge is -2.10. The summed E-state index contributed by atoms with van der Waals surface area (Å²) < 4.78 is 0.516. The molecular weight excluding hydrogens is 194 g/mol. The third-order valence-electron chi connectivity index (χ3n) is 1.61. The Hall–Kier alpha value is -0.420. The molecule has 0 N–H and O–H groups in total. The van der Waals surface area contributed by atoms with Crippen LogP contribution in [0.5, 0.6) is 0 Å². The second-order valence-electron chi connectivity index (χ2n) is 2.46. The molecule has 1 unspecified atom stereocenters. The molecule has 0 bridgehead atoms. The number of amides is 1. The molecular formula is C7H9NO2S2. The first-order valence-electron chi connectivity index (χ1n) is 3.60. The molecule has 0 saturated carbocycles. The van der Waals surface area contributed by atoms with Crippen molar-refractivity contribution in [1.29, 1.82) is 0 Å². The Kier molecular flexibility index (Phi) is 2.85. The molecule has 0 radical (unpaired) electrons. The topological polar surface area (TPSA) is 37.4 Å². The van der Waals surface area contributed by atoms with Gasteiger partial charge in [0.05, 0.1) is 0 Å². The van der Waals surface area contributed by atoms with Gasteiger partial charge in [0.25, 0.3) is 0 Å². The summed E-state index contributed by atoms with van der Waals surface area (Å²) in [6.07, 6.45) is 0. The molecule has 66 valence electrons. The first kappa shape index (κ1) is 9.67. The smallest absolute Gasteiger partial charge is 0.249 e. The van der Waals surface area contributed by atoms with Crippen LogP contribution in [0.3, 0.4) is 0 Å². The van der Waals surface area contributed by atoms with Crippen molar-refractivity contribution in [2.75, 3.05) is 6.54 Å². The van der Waals surface area contributed by atoms with Crippen LogP contribution in [0.2, 0.25) is 0 Å². The lowest BCUT2D eigenvalue weighted by Crippen LogP contribution is -2.33. The summed E-state index contributed by atoms with van der Waals surface area (Å²) in [5, 5.41) is -0.586. The van der Waals surface area contributed by atoms with Crippen molar-refractivity contribution in [3.8, 4) is 0 Å². The van der Waals surface area contributed by atoms with Crippen LogP contribution in [0, 0.1) is 0 Å². The molecule has 3 nitrogen and oxygen atoms in total. The van der Waals surface area contributed by atoms with E-state index in [1.165, 1.54) is 23.6 Å². The number of hydrogen-bond donors (Lipinski definition) is 0. The number of thiocarbonyl (C=S) groups is 1. The molecule has 0 aromatic heterocycles.